The van der Waals surface area contributed by atoms with Crippen LogP contribution in [0.25, 0.3) is 10.8 Å². The number of rotatable bonds is 3. The first-order chi connectivity index (χ1) is 12.3. The minimum Gasteiger partial charge on any atom is -0.497 e. The number of amides is 1. The van der Waals surface area contributed by atoms with Gasteiger partial charge in [-0.3, -0.25) is 4.79 Å². The van der Waals surface area contributed by atoms with Gasteiger partial charge in [-0.25, -0.2) is 0 Å². The van der Waals surface area contributed by atoms with Crippen molar-refractivity contribution in [2.75, 3.05) is 13.7 Å². The Balaban J connectivity index is 1.62. The highest BCUT2D eigenvalue weighted by atomic mass is 16.5. The van der Waals surface area contributed by atoms with Crippen molar-refractivity contribution in [1.29, 1.82) is 0 Å². The van der Waals surface area contributed by atoms with E-state index >= 15 is 0 Å². The number of hydrogen-bond donors (Lipinski definition) is 0. The number of benzene rings is 3. The van der Waals surface area contributed by atoms with Crippen LogP contribution in [-0.4, -0.2) is 24.5 Å². The first-order valence-corrected chi connectivity index (χ1v) is 8.70. The molecule has 1 unspecified atom stereocenters. The van der Waals surface area contributed by atoms with Gasteiger partial charge in [0.05, 0.1) is 13.2 Å². The van der Waals surface area contributed by atoms with Crippen molar-refractivity contribution in [1.82, 2.24) is 4.90 Å². The molecule has 126 valence electrons. The lowest BCUT2D eigenvalue weighted by Crippen LogP contribution is -2.30. The van der Waals surface area contributed by atoms with Crippen LogP contribution in [-0.2, 0) is 0 Å². The number of likely N-dealkylation sites (tertiary alicyclic amines) is 1. The lowest BCUT2D eigenvalue weighted by Gasteiger charge is -2.25. The van der Waals surface area contributed by atoms with Crippen molar-refractivity contribution in [3.63, 3.8) is 0 Å². The highest BCUT2D eigenvalue weighted by Crippen LogP contribution is 2.34. The van der Waals surface area contributed by atoms with Crippen molar-refractivity contribution in [3.05, 3.63) is 77.9 Å². The molecule has 3 aromatic carbocycles. The second kappa shape index (κ2) is 6.60. The maximum atomic E-state index is 13.1. The fraction of sp³-hybridized carbons (Fsp3) is 0.227. The van der Waals surface area contributed by atoms with E-state index < -0.39 is 0 Å². The third-order valence-corrected chi connectivity index (χ3v) is 5.01. The summed E-state index contributed by atoms with van der Waals surface area (Å²) >= 11 is 0. The standard InChI is InChI=1S/C22H21NO2/c1-25-20-12-10-17(11-13-20)21-7-4-14-23(21)22(24)19-9-8-16-5-2-3-6-18(16)15-19/h2-3,5-6,8-13,15,21H,4,7,14H2,1H3. The summed E-state index contributed by atoms with van der Waals surface area (Å²) in [6.45, 7) is 0.808. The maximum Gasteiger partial charge on any atom is 0.254 e. The molecule has 3 heteroatoms. The Bertz CT molecular complexity index is 901. The summed E-state index contributed by atoms with van der Waals surface area (Å²) in [7, 11) is 1.67. The van der Waals surface area contributed by atoms with E-state index in [-0.39, 0.29) is 11.9 Å². The van der Waals surface area contributed by atoms with Crippen LogP contribution >= 0.6 is 0 Å². The Labute approximate surface area is 147 Å². The minimum atomic E-state index is 0.115. The van der Waals surface area contributed by atoms with Crippen LogP contribution in [0.3, 0.4) is 0 Å². The first-order valence-electron chi connectivity index (χ1n) is 8.70. The van der Waals surface area contributed by atoms with Gasteiger partial charge in [0.2, 0.25) is 0 Å². The summed E-state index contributed by atoms with van der Waals surface area (Å²) in [5, 5.41) is 2.26. The molecule has 1 fully saturated rings. The quantitative estimate of drug-likeness (QED) is 0.688. The molecule has 3 nitrogen and oxygen atoms in total. The number of methoxy groups -OCH3 is 1. The highest BCUT2D eigenvalue weighted by Gasteiger charge is 2.30. The van der Waals surface area contributed by atoms with Crippen molar-refractivity contribution in [2.45, 2.75) is 18.9 Å². The average Bonchev–Trinajstić information content (AvgIpc) is 3.17. The summed E-state index contributed by atoms with van der Waals surface area (Å²) in [5.41, 5.74) is 1.94. The first kappa shape index (κ1) is 15.7. The van der Waals surface area contributed by atoms with Gasteiger partial charge in [0.1, 0.15) is 5.75 Å². The van der Waals surface area contributed by atoms with Crippen LogP contribution in [0, 0.1) is 0 Å². The third kappa shape index (κ3) is 2.98. The van der Waals surface area contributed by atoms with Gasteiger partial charge >= 0.3 is 0 Å². The van der Waals surface area contributed by atoms with Crippen molar-refractivity contribution in [3.8, 4) is 5.75 Å². The van der Waals surface area contributed by atoms with E-state index in [1.165, 1.54) is 5.56 Å². The van der Waals surface area contributed by atoms with Gasteiger partial charge in [0, 0.05) is 12.1 Å². The highest BCUT2D eigenvalue weighted by molar-refractivity contribution is 5.98. The summed E-state index contributed by atoms with van der Waals surface area (Å²) in [6, 6.07) is 22.3. The van der Waals surface area contributed by atoms with Gasteiger partial charge < -0.3 is 9.64 Å². The lowest BCUT2D eigenvalue weighted by atomic mass is 10.0. The predicted octanol–water partition coefficient (Wildman–Crippen LogP) is 4.83. The topological polar surface area (TPSA) is 29.5 Å². The third-order valence-electron chi connectivity index (χ3n) is 5.01. The fourth-order valence-electron chi connectivity index (χ4n) is 3.67. The molecule has 1 heterocycles. The number of ether oxygens (including phenoxy) is 1. The minimum absolute atomic E-state index is 0.115. The molecule has 0 aromatic heterocycles. The zero-order chi connectivity index (χ0) is 17.2. The van der Waals surface area contributed by atoms with E-state index in [2.05, 4.69) is 24.3 Å². The van der Waals surface area contributed by atoms with Gasteiger partial charge in [0.25, 0.3) is 5.91 Å². The van der Waals surface area contributed by atoms with Crippen molar-refractivity contribution < 1.29 is 9.53 Å². The molecular formula is C22H21NO2. The second-order valence-corrected chi connectivity index (χ2v) is 6.49. The number of carbonyl (C=O) groups excluding carboxylic acids is 1. The van der Waals surface area contributed by atoms with E-state index in [1.807, 2.05) is 47.4 Å². The molecule has 0 bridgehead atoms. The Morgan fingerprint density at radius 3 is 2.52 bits per heavy atom. The Morgan fingerprint density at radius 2 is 1.76 bits per heavy atom. The molecule has 25 heavy (non-hydrogen) atoms. The number of hydrogen-bond acceptors (Lipinski definition) is 2. The van der Waals surface area contributed by atoms with Gasteiger partial charge in [-0.1, -0.05) is 42.5 Å². The number of fused-ring (bicyclic) bond motifs is 1. The van der Waals surface area contributed by atoms with Crippen LogP contribution in [0.1, 0.15) is 34.8 Å². The molecule has 4 rings (SSSR count). The van der Waals surface area contributed by atoms with E-state index in [0.29, 0.717) is 0 Å². The summed E-state index contributed by atoms with van der Waals surface area (Å²) in [5.74, 6) is 0.957. The Morgan fingerprint density at radius 1 is 1.00 bits per heavy atom. The predicted molar refractivity (Wildman–Crippen MR) is 100.0 cm³/mol. The molecule has 1 amide bonds. The SMILES string of the molecule is COc1ccc(C2CCCN2C(=O)c2ccc3ccccc3c2)cc1. The molecule has 0 saturated carbocycles. The van der Waals surface area contributed by atoms with Crippen molar-refractivity contribution >= 4 is 16.7 Å². The van der Waals surface area contributed by atoms with Crippen LogP contribution in [0.15, 0.2) is 66.7 Å². The molecule has 3 aromatic rings. The number of nitrogens with zero attached hydrogens (tertiary/aromatic N) is 1. The van der Waals surface area contributed by atoms with Gasteiger partial charge in [-0.15, -0.1) is 0 Å². The van der Waals surface area contributed by atoms with Crippen molar-refractivity contribution in [2.24, 2.45) is 0 Å². The fourth-order valence-corrected chi connectivity index (χ4v) is 3.67. The zero-order valence-corrected chi connectivity index (χ0v) is 14.3. The van der Waals surface area contributed by atoms with Crippen LogP contribution in [0.2, 0.25) is 0 Å². The summed E-state index contributed by atoms with van der Waals surface area (Å²) in [4.78, 5) is 15.1. The molecular weight excluding hydrogens is 310 g/mol. The van der Waals surface area contributed by atoms with E-state index in [0.717, 1.165) is 41.5 Å². The van der Waals surface area contributed by atoms with Gasteiger partial charge in [0.15, 0.2) is 0 Å². The molecule has 0 radical (unpaired) electrons. The average molecular weight is 331 g/mol. The molecule has 0 N–H and O–H groups in total. The molecule has 0 spiro atoms. The molecule has 1 aliphatic heterocycles. The van der Waals surface area contributed by atoms with Crippen LogP contribution in [0.5, 0.6) is 5.75 Å². The molecule has 1 atom stereocenters. The smallest absolute Gasteiger partial charge is 0.254 e. The van der Waals surface area contributed by atoms with Crippen LogP contribution < -0.4 is 4.74 Å². The largest absolute Gasteiger partial charge is 0.497 e. The van der Waals surface area contributed by atoms with Gasteiger partial charge in [-0.05, 0) is 53.4 Å². The van der Waals surface area contributed by atoms with E-state index in [9.17, 15) is 4.79 Å². The molecule has 1 aliphatic rings. The van der Waals surface area contributed by atoms with E-state index in [1.54, 1.807) is 7.11 Å². The second-order valence-electron chi connectivity index (χ2n) is 6.49. The normalized spacial score (nSPS) is 17.0. The Kier molecular flexibility index (Phi) is 4.14. The molecule has 0 aliphatic carbocycles. The monoisotopic (exact) mass is 331 g/mol. The lowest BCUT2D eigenvalue weighted by molar-refractivity contribution is 0.0736. The zero-order valence-electron chi connectivity index (χ0n) is 14.3. The maximum absolute atomic E-state index is 13.1. The van der Waals surface area contributed by atoms with Crippen LogP contribution in [0.4, 0.5) is 0 Å². The van der Waals surface area contributed by atoms with Gasteiger partial charge in [-0.2, -0.15) is 0 Å². The summed E-state index contributed by atoms with van der Waals surface area (Å²) < 4.78 is 5.24. The van der Waals surface area contributed by atoms with E-state index in [4.69, 9.17) is 4.74 Å². The summed E-state index contributed by atoms with van der Waals surface area (Å²) in [6.07, 6.45) is 2.04. The number of carbonyl (C=O) groups is 1. The Hall–Kier alpha value is -2.81. The molecule has 1 saturated heterocycles.